The molecule has 1 aromatic rings. The maximum absolute atomic E-state index is 13.1. The summed E-state index contributed by atoms with van der Waals surface area (Å²) in [6.07, 6.45) is -14.3. The van der Waals surface area contributed by atoms with Crippen molar-refractivity contribution in [3.8, 4) is 0 Å². The van der Waals surface area contributed by atoms with Crippen molar-refractivity contribution in [1.82, 2.24) is 14.7 Å². The molecule has 0 unspecified atom stereocenters. The first-order chi connectivity index (χ1) is 15.9. The zero-order valence-corrected chi connectivity index (χ0v) is 18.7. The molecule has 34 heavy (non-hydrogen) atoms. The van der Waals surface area contributed by atoms with Gasteiger partial charge in [-0.25, -0.2) is 4.79 Å². The second kappa shape index (κ2) is 10.4. The molecule has 0 bridgehead atoms. The monoisotopic (exact) mass is 495 g/mol. The predicted octanol–water partition coefficient (Wildman–Crippen LogP) is 4.37. The second-order valence-electron chi connectivity index (χ2n) is 8.62. The van der Waals surface area contributed by atoms with Gasteiger partial charge in [0.1, 0.15) is 0 Å². The topological polar surface area (TPSA) is 53.1 Å². The van der Waals surface area contributed by atoms with Gasteiger partial charge in [-0.2, -0.15) is 26.3 Å². The van der Waals surface area contributed by atoms with Crippen LogP contribution in [-0.4, -0.2) is 84.4 Å². The number of hydrogen-bond acceptors (Lipinski definition) is 4. The third kappa shape index (κ3) is 6.55. The van der Waals surface area contributed by atoms with E-state index in [2.05, 4.69) is 4.74 Å². The normalized spacial score (nSPS) is 18.4. The Hall–Kier alpha value is -2.50. The van der Waals surface area contributed by atoms with Crippen molar-refractivity contribution in [2.24, 2.45) is 0 Å². The number of hydrogen-bond donors (Lipinski definition) is 0. The van der Waals surface area contributed by atoms with Gasteiger partial charge in [0.2, 0.25) is 0 Å². The first-order valence-electron chi connectivity index (χ1n) is 11.1. The zero-order chi connectivity index (χ0) is 25.1. The molecule has 0 N–H and O–H groups in total. The number of piperidine rings is 1. The maximum atomic E-state index is 13.1. The summed E-state index contributed by atoms with van der Waals surface area (Å²) in [5.41, 5.74) is 2.30. The van der Waals surface area contributed by atoms with Crippen LogP contribution in [0.25, 0.3) is 0 Å². The summed E-state index contributed by atoms with van der Waals surface area (Å²) in [5, 5.41) is 0. The van der Waals surface area contributed by atoms with E-state index in [1.165, 1.54) is 0 Å². The lowest BCUT2D eigenvalue weighted by atomic mass is 10.0. The fraction of sp³-hybridized carbons (Fsp3) is 0.636. The van der Waals surface area contributed by atoms with Gasteiger partial charge in [0.25, 0.3) is 12.0 Å². The van der Waals surface area contributed by atoms with Gasteiger partial charge >= 0.3 is 18.4 Å². The average molecular weight is 495 g/mol. The molecule has 0 aromatic heterocycles. The van der Waals surface area contributed by atoms with Gasteiger partial charge in [0.15, 0.2) is 0 Å². The Balaban J connectivity index is 1.61. The summed E-state index contributed by atoms with van der Waals surface area (Å²) >= 11 is 0. The Morgan fingerprint density at radius 3 is 2.03 bits per heavy atom. The van der Waals surface area contributed by atoms with Gasteiger partial charge in [-0.3, -0.25) is 9.69 Å². The van der Waals surface area contributed by atoms with Crippen molar-refractivity contribution < 1.29 is 40.7 Å². The number of benzene rings is 1. The molecule has 6 nitrogen and oxygen atoms in total. The number of carbonyl (C=O) groups is 2. The lowest BCUT2D eigenvalue weighted by molar-refractivity contribution is -0.308. The molecule has 0 atom stereocenters. The van der Waals surface area contributed by atoms with Crippen LogP contribution >= 0.6 is 0 Å². The molecule has 0 radical (unpaired) electrons. The third-order valence-electron chi connectivity index (χ3n) is 5.98. The van der Waals surface area contributed by atoms with E-state index in [1.54, 1.807) is 0 Å². The number of amides is 2. The van der Waals surface area contributed by atoms with Crippen molar-refractivity contribution in [3.05, 3.63) is 34.9 Å². The molecule has 2 aliphatic rings. The van der Waals surface area contributed by atoms with E-state index in [-0.39, 0.29) is 32.1 Å². The maximum Gasteiger partial charge on any atom is 0.434 e. The number of aryl methyl sites for hydroxylation is 1. The molecule has 2 amide bonds. The molecule has 2 heterocycles. The summed E-state index contributed by atoms with van der Waals surface area (Å²) in [4.78, 5) is 29.6. The number of rotatable bonds is 4. The quantitative estimate of drug-likeness (QED) is 0.583. The highest BCUT2D eigenvalue weighted by Gasteiger charge is 2.60. The van der Waals surface area contributed by atoms with Crippen LogP contribution in [0.5, 0.6) is 0 Å². The van der Waals surface area contributed by atoms with Gasteiger partial charge in [0.05, 0.1) is 0 Å². The van der Waals surface area contributed by atoms with E-state index in [9.17, 15) is 35.9 Å². The van der Waals surface area contributed by atoms with Gasteiger partial charge in [-0.05, 0) is 37.8 Å². The van der Waals surface area contributed by atoms with Crippen LogP contribution in [-0.2, 0) is 11.3 Å². The summed E-state index contributed by atoms with van der Waals surface area (Å²) in [6, 6.07) is 5.56. The molecule has 0 saturated carbocycles. The summed E-state index contributed by atoms with van der Waals surface area (Å²) in [7, 11) is 0. The van der Waals surface area contributed by atoms with Crippen LogP contribution in [0.2, 0.25) is 0 Å². The number of carbonyl (C=O) groups excluding carboxylic acids is 2. The molecular formula is C22H27F6N3O3. The van der Waals surface area contributed by atoms with E-state index in [4.69, 9.17) is 0 Å². The van der Waals surface area contributed by atoms with E-state index >= 15 is 0 Å². The van der Waals surface area contributed by atoms with Gasteiger partial charge in [-0.1, -0.05) is 17.7 Å². The first kappa shape index (κ1) is 26.1. The van der Waals surface area contributed by atoms with Crippen LogP contribution in [0, 0.1) is 6.92 Å². The Labute approximate surface area is 193 Å². The zero-order valence-electron chi connectivity index (χ0n) is 18.7. The van der Waals surface area contributed by atoms with Crippen LogP contribution in [0.1, 0.15) is 40.7 Å². The number of likely N-dealkylation sites (tertiary alicyclic amines) is 1. The average Bonchev–Trinajstić information content (AvgIpc) is 2.77. The van der Waals surface area contributed by atoms with Gasteiger partial charge in [-0.15, -0.1) is 0 Å². The first-order valence-corrected chi connectivity index (χ1v) is 11.1. The summed E-state index contributed by atoms with van der Waals surface area (Å²) in [5.74, 6) is -0.0500. The van der Waals surface area contributed by atoms with E-state index in [0.29, 0.717) is 25.2 Å². The molecule has 12 heteroatoms. The standard InChI is InChI=1S/C22H27F6N3O3/c1-15-5-6-16(17(13-15)18(32)30-7-3-2-4-8-30)14-29-9-11-31(12-10-29)20(33)34-19(21(23,24)25)22(26,27)28/h5-6,13,19H,2-4,7-12,14H2,1H3. The number of nitrogens with zero attached hydrogens (tertiary/aromatic N) is 3. The number of piperazine rings is 1. The fourth-order valence-corrected chi connectivity index (χ4v) is 4.12. The van der Waals surface area contributed by atoms with Gasteiger partial charge in [0, 0.05) is 51.4 Å². The number of ether oxygens (including phenoxy) is 1. The molecule has 2 fully saturated rings. The Morgan fingerprint density at radius 1 is 0.882 bits per heavy atom. The highest BCUT2D eigenvalue weighted by molar-refractivity contribution is 5.96. The molecule has 0 spiro atoms. The van der Waals surface area contributed by atoms with Crippen molar-refractivity contribution in [2.75, 3.05) is 39.3 Å². The smallest absolute Gasteiger partial charge is 0.426 e. The Bertz CT molecular complexity index is 862. The van der Waals surface area contributed by atoms with Crippen LogP contribution in [0.4, 0.5) is 31.1 Å². The van der Waals surface area contributed by atoms with E-state index in [0.717, 1.165) is 35.3 Å². The molecule has 0 aliphatic carbocycles. The van der Waals surface area contributed by atoms with E-state index in [1.807, 2.05) is 34.9 Å². The lowest BCUT2D eigenvalue weighted by Gasteiger charge is -2.35. The van der Waals surface area contributed by atoms with Crippen molar-refractivity contribution in [1.29, 1.82) is 0 Å². The number of halogens is 6. The predicted molar refractivity (Wildman–Crippen MR) is 110 cm³/mol. The molecule has 2 aliphatic heterocycles. The highest BCUT2D eigenvalue weighted by atomic mass is 19.4. The van der Waals surface area contributed by atoms with Gasteiger partial charge < -0.3 is 14.5 Å². The van der Waals surface area contributed by atoms with Crippen LogP contribution in [0.15, 0.2) is 18.2 Å². The van der Waals surface area contributed by atoms with Crippen molar-refractivity contribution in [3.63, 3.8) is 0 Å². The minimum atomic E-state index is -5.75. The molecule has 1 aromatic carbocycles. The second-order valence-corrected chi connectivity index (χ2v) is 8.62. The Kier molecular flexibility index (Phi) is 7.99. The van der Waals surface area contributed by atoms with Crippen LogP contribution < -0.4 is 0 Å². The molecule has 190 valence electrons. The molecular weight excluding hydrogens is 468 g/mol. The van der Waals surface area contributed by atoms with Crippen LogP contribution in [0.3, 0.4) is 0 Å². The third-order valence-corrected chi connectivity index (χ3v) is 5.98. The highest BCUT2D eigenvalue weighted by Crippen LogP contribution is 2.36. The van der Waals surface area contributed by atoms with Crippen molar-refractivity contribution in [2.45, 2.75) is 51.2 Å². The Morgan fingerprint density at radius 2 is 1.47 bits per heavy atom. The minimum Gasteiger partial charge on any atom is -0.426 e. The minimum absolute atomic E-state index is 0.0500. The SMILES string of the molecule is Cc1ccc(CN2CCN(C(=O)OC(C(F)(F)F)C(F)(F)F)CC2)c(C(=O)N2CCCCC2)c1. The fourth-order valence-electron chi connectivity index (χ4n) is 4.12. The number of alkyl halides is 6. The van der Waals surface area contributed by atoms with E-state index < -0.39 is 24.5 Å². The summed E-state index contributed by atoms with van der Waals surface area (Å²) in [6.45, 7) is 3.88. The molecule has 3 rings (SSSR count). The largest absolute Gasteiger partial charge is 0.434 e. The lowest BCUT2D eigenvalue weighted by Crippen LogP contribution is -2.52. The summed E-state index contributed by atoms with van der Waals surface area (Å²) < 4.78 is 79.7. The molecule has 2 saturated heterocycles. The van der Waals surface area contributed by atoms with Crippen molar-refractivity contribution >= 4 is 12.0 Å².